The van der Waals surface area contributed by atoms with Gasteiger partial charge in [0, 0.05) is 88.8 Å². The van der Waals surface area contributed by atoms with E-state index in [0.717, 1.165) is 103 Å². The molecule has 88 heavy (non-hydrogen) atoms. The molecule has 0 aliphatic carbocycles. The van der Waals surface area contributed by atoms with Crippen molar-refractivity contribution < 1.29 is 4.39 Å². The van der Waals surface area contributed by atoms with Crippen molar-refractivity contribution in [2.45, 2.75) is 136 Å². The van der Waals surface area contributed by atoms with Gasteiger partial charge in [-0.15, -0.1) is 0 Å². The van der Waals surface area contributed by atoms with E-state index in [-0.39, 0.29) is 5.82 Å². The van der Waals surface area contributed by atoms with Crippen molar-refractivity contribution in [3.8, 4) is 33.8 Å². The Hall–Kier alpha value is -8.68. The van der Waals surface area contributed by atoms with Crippen LogP contribution in [0.3, 0.4) is 0 Å². The van der Waals surface area contributed by atoms with Gasteiger partial charge in [0.15, 0.2) is 0 Å². The van der Waals surface area contributed by atoms with Crippen LogP contribution in [-0.2, 0) is 13.1 Å². The normalized spacial score (nSPS) is 10.7. The average molecular weight is 1170 g/mol. The molecule has 0 N–H and O–H groups in total. The number of aryl methyl sites for hydroxylation is 8. The van der Waals surface area contributed by atoms with E-state index < -0.39 is 0 Å². The van der Waals surface area contributed by atoms with E-state index in [9.17, 15) is 4.39 Å². The molecule has 3 aromatic heterocycles. The van der Waals surface area contributed by atoms with Crippen LogP contribution in [0.25, 0.3) is 66.1 Å². The zero-order valence-corrected chi connectivity index (χ0v) is 55.6. The van der Waals surface area contributed by atoms with E-state index in [1.165, 1.54) is 94.6 Å². The lowest BCUT2D eigenvalue weighted by Crippen LogP contribution is -2.26. The van der Waals surface area contributed by atoms with Crippen LogP contribution in [0.5, 0.6) is 0 Å². The van der Waals surface area contributed by atoms with Gasteiger partial charge in [0.25, 0.3) is 0 Å². The first-order valence-electron chi connectivity index (χ1n) is 32.1. The molecule has 0 aliphatic rings. The number of hydrogen-bond donors (Lipinski definition) is 0. The molecule has 7 heteroatoms. The molecule has 6 nitrogen and oxygen atoms in total. The molecule has 11 rings (SSSR count). The molecular weight excluding hydrogens is 1080 g/mol. The Morgan fingerprint density at radius 1 is 0.341 bits per heavy atom. The van der Waals surface area contributed by atoms with Gasteiger partial charge in [0.2, 0.25) is 0 Å². The first-order chi connectivity index (χ1) is 42.7. The van der Waals surface area contributed by atoms with Crippen molar-refractivity contribution in [2.75, 3.05) is 41.4 Å². The maximum Gasteiger partial charge on any atom is 0.123 e. The zero-order valence-electron chi connectivity index (χ0n) is 55.6. The minimum Gasteiger partial charge on any atom is -0.370 e. The standard InChI is InChI=1S/C28H30N2.C26H26N2.C23H27FN2.2C2H6/c1-5-18-30(19-23-14-7-6-8-15-23)28-22(4)29-27(24-16-9-10-17-25(24)28)26-20(2)12-11-13-21(26)3;1-18-11-10-12-19(2)24(18)25-22-15-8-9-16-23(22)26(20(3)27-25)28(4)17-21-13-6-5-7-14-21;1-5-13-26(14-6-2)23-17(4)25-22(19-9-7-8-10-20(19)23)21-15-18(24)12-11-16(21)3;2*1-2/h6-17H,5,18-19H2,1-4H3;5-16H,17H2,1-4H3;7-12,15H,5-6,13-14H2,1-4H3;2*1-2H3. The SMILES string of the molecule is CC.CC.CCCN(CCC)c1c(C)nc(-c2cc(F)ccc2C)c2ccccc12.CCCN(Cc1ccccc1)c1c(C)nc(-c2c(C)cccc2C)c2ccccc12.Cc1cccc(C)c1-c1nc(C)c(N(C)Cc2ccccc2)c2ccccc12. The quantitative estimate of drug-likeness (QED) is 0.0961. The van der Waals surface area contributed by atoms with Crippen LogP contribution in [-0.4, -0.2) is 41.6 Å². The summed E-state index contributed by atoms with van der Waals surface area (Å²) in [5.74, 6) is -0.225. The topological polar surface area (TPSA) is 48.4 Å². The summed E-state index contributed by atoms with van der Waals surface area (Å²) < 4.78 is 13.9. The highest BCUT2D eigenvalue weighted by molar-refractivity contribution is 6.06. The molecule has 0 saturated heterocycles. The Kier molecular flexibility index (Phi) is 24.6. The van der Waals surface area contributed by atoms with E-state index in [2.05, 4.69) is 255 Å². The molecule has 0 radical (unpaired) electrons. The lowest BCUT2D eigenvalue weighted by atomic mass is 9.94. The number of fused-ring (bicyclic) bond motifs is 3. The van der Waals surface area contributed by atoms with Gasteiger partial charge in [-0.05, 0) is 126 Å². The fourth-order valence-electron chi connectivity index (χ4n) is 12.4. The van der Waals surface area contributed by atoms with Gasteiger partial charge in [-0.3, -0.25) is 15.0 Å². The van der Waals surface area contributed by atoms with Crippen molar-refractivity contribution >= 4 is 49.4 Å². The van der Waals surface area contributed by atoms with Crippen LogP contribution in [0.1, 0.15) is 124 Å². The predicted octanol–water partition coefficient (Wildman–Crippen LogP) is 22.0. The van der Waals surface area contributed by atoms with Gasteiger partial charge in [-0.2, -0.15) is 0 Å². The largest absolute Gasteiger partial charge is 0.370 e. The van der Waals surface area contributed by atoms with Crippen LogP contribution in [0.15, 0.2) is 188 Å². The van der Waals surface area contributed by atoms with Gasteiger partial charge in [-0.25, -0.2) is 4.39 Å². The Morgan fingerprint density at radius 2 is 0.682 bits per heavy atom. The first-order valence-corrected chi connectivity index (χ1v) is 32.1. The molecule has 0 aliphatic heterocycles. The summed E-state index contributed by atoms with van der Waals surface area (Å²) in [5, 5.41) is 7.25. The molecule has 0 spiro atoms. The van der Waals surface area contributed by atoms with Gasteiger partial charge in [-0.1, -0.05) is 224 Å². The van der Waals surface area contributed by atoms with Crippen LogP contribution in [0, 0.1) is 61.2 Å². The highest BCUT2D eigenvalue weighted by atomic mass is 19.1. The summed E-state index contributed by atoms with van der Waals surface area (Å²) in [7, 11) is 2.15. The lowest BCUT2D eigenvalue weighted by Gasteiger charge is -2.28. The number of rotatable bonds is 16. The third-order valence-electron chi connectivity index (χ3n) is 16.0. The molecule has 3 heterocycles. The van der Waals surface area contributed by atoms with E-state index in [1.807, 2.05) is 46.8 Å². The molecule has 0 fully saturated rings. The van der Waals surface area contributed by atoms with Crippen LogP contribution >= 0.6 is 0 Å². The van der Waals surface area contributed by atoms with Gasteiger partial charge in [0.05, 0.1) is 51.2 Å². The predicted molar refractivity (Wildman–Crippen MR) is 381 cm³/mol. The second kappa shape index (κ2) is 32.3. The first kappa shape index (κ1) is 66.8. The molecule has 0 bridgehead atoms. The van der Waals surface area contributed by atoms with Crippen molar-refractivity contribution in [2.24, 2.45) is 0 Å². The highest BCUT2D eigenvalue weighted by Gasteiger charge is 2.22. The van der Waals surface area contributed by atoms with Crippen LogP contribution < -0.4 is 14.7 Å². The molecule has 8 aromatic carbocycles. The maximum atomic E-state index is 13.9. The number of benzene rings is 8. The molecule has 0 atom stereocenters. The minimum absolute atomic E-state index is 0.225. The second-order valence-electron chi connectivity index (χ2n) is 22.5. The average Bonchev–Trinajstić information content (AvgIpc) is 2.91. The number of nitrogens with zero attached hydrogens (tertiary/aromatic N) is 6. The second-order valence-corrected chi connectivity index (χ2v) is 22.5. The number of aromatic nitrogens is 3. The Balaban J connectivity index is 0.000000183. The number of halogens is 1. The van der Waals surface area contributed by atoms with Crippen LogP contribution in [0.4, 0.5) is 21.5 Å². The molecular formula is C81H95FN6. The van der Waals surface area contributed by atoms with E-state index in [0.29, 0.717) is 0 Å². The molecule has 0 unspecified atom stereocenters. The highest BCUT2D eigenvalue weighted by Crippen LogP contribution is 2.41. The van der Waals surface area contributed by atoms with Crippen molar-refractivity contribution in [3.63, 3.8) is 0 Å². The Labute approximate surface area is 527 Å². The van der Waals surface area contributed by atoms with Crippen molar-refractivity contribution in [3.05, 3.63) is 250 Å². The Bertz CT molecular complexity index is 3990. The van der Waals surface area contributed by atoms with Gasteiger partial charge >= 0.3 is 0 Å². The number of anilines is 3. The summed E-state index contributed by atoms with van der Waals surface area (Å²) in [5.41, 5.74) is 22.0. The van der Waals surface area contributed by atoms with Gasteiger partial charge < -0.3 is 14.7 Å². The van der Waals surface area contributed by atoms with E-state index in [1.54, 1.807) is 6.07 Å². The van der Waals surface area contributed by atoms with E-state index >= 15 is 0 Å². The summed E-state index contributed by atoms with van der Waals surface area (Å²) >= 11 is 0. The van der Waals surface area contributed by atoms with Crippen molar-refractivity contribution in [1.82, 2.24) is 15.0 Å². The van der Waals surface area contributed by atoms with Crippen molar-refractivity contribution in [1.29, 1.82) is 0 Å². The molecule has 0 saturated carbocycles. The maximum absolute atomic E-state index is 13.9. The molecule has 0 amide bonds. The Morgan fingerprint density at radius 3 is 1.11 bits per heavy atom. The monoisotopic (exact) mass is 1170 g/mol. The fraction of sp³-hybridized carbons (Fsp3) is 0.296. The lowest BCUT2D eigenvalue weighted by molar-refractivity contribution is 0.628. The molecule has 11 aromatic rings. The summed E-state index contributed by atoms with van der Waals surface area (Å²) in [6, 6.07) is 65.0. The minimum atomic E-state index is -0.225. The molecule has 456 valence electrons. The third kappa shape index (κ3) is 15.5. The fourth-order valence-corrected chi connectivity index (χ4v) is 12.4. The number of hydrogen-bond acceptors (Lipinski definition) is 6. The summed E-state index contributed by atoms with van der Waals surface area (Å²) in [6.45, 7) is 36.5. The van der Waals surface area contributed by atoms with Gasteiger partial charge in [0.1, 0.15) is 5.82 Å². The number of pyridine rings is 3. The van der Waals surface area contributed by atoms with Crippen LogP contribution in [0.2, 0.25) is 0 Å². The smallest absolute Gasteiger partial charge is 0.123 e. The van der Waals surface area contributed by atoms with E-state index in [4.69, 9.17) is 15.0 Å². The summed E-state index contributed by atoms with van der Waals surface area (Å²) in [4.78, 5) is 22.5. The zero-order chi connectivity index (χ0) is 63.4. The summed E-state index contributed by atoms with van der Waals surface area (Å²) in [6.07, 6.45) is 3.29. The third-order valence-corrected chi connectivity index (χ3v) is 16.0.